The summed E-state index contributed by atoms with van der Waals surface area (Å²) in [6.45, 7) is 1.43. The molecular weight excluding hydrogens is 310 g/mol. The van der Waals surface area contributed by atoms with Crippen molar-refractivity contribution in [2.24, 2.45) is 0 Å². The summed E-state index contributed by atoms with van der Waals surface area (Å²) in [6.07, 6.45) is 0. The van der Waals surface area contributed by atoms with Gasteiger partial charge in [-0.3, -0.25) is 9.52 Å². The minimum atomic E-state index is -3.57. The van der Waals surface area contributed by atoms with Crippen molar-refractivity contribution in [1.82, 2.24) is 0 Å². The molecule has 0 unspecified atom stereocenters. The molecule has 6 heteroatoms. The summed E-state index contributed by atoms with van der Waals surface area (Å²) in [6, 6.07) is 13.1. The minimum Gasteiger partial charge on any atom is -0.295 e. The summed E-state index contributed by atoms with van der Waals surface area (Å²) in [7, 11) is -3.57. The third-order valence-corrected chi connectivity index (χ3v) is 4.28. The second-order valence-corrected chi connectivity index (χ2v) is 6.79. The highest BCUT2D eigenvalue weighted by Crippen LogP contribution is 2.17. The third-order valence-electron chi connectivity index (χ3n) is 2.79. The highest BCUT2D eigenvalue weighted by molar-refractivity contribution is 7.91. The van der Waals surface area contributed by atoms with E-state index in [-0.39, 0.29) is 11.5 Å². The number of sulfonamides is 1. The van der Waals surface area contributed by atoms with Crippen LogP contribution in [0.25, 0.3) is 0 Å². The molecule has 2 aromatic carbocycles. The number of ketones is 1. The van der Waals surface area contributed by atoms with E-state index in [1.807, 2.05) is 0 Å². The average Bonchev–Trinajstić information content (AvgIpc) is 2.37. The highest BCUT2D eigenvalue weighted by atomic mass is 35.5. The number of carbonyl (C=O) groups excluding carboxylic acids is 1. The molecule has 0 aliphatic rings. The molecule has 0 amide bonds. The lowest BCUT2D eigenvalue weighted by Crippen LogP contribution is -2.15. The Kier molecular flexibility index (Phi) is 4.65. The van der Waals surface area contributed by atoms with Gasteiger partial charge in [0, 0.05) is 16.3 Å². The first-order chi connectivity index (χ1) is 9.85. The maximum absolute atomic E-state index is 12.1. The molecule has 21 heavy (non-hydrogen) atoms. The van der Waals surface area contributed by atoms with Crippen molar-refractivity contribution in [2.75, 3.05) is 4.72 Å². The third kappa shape index (κ3) is 4.58. The molecule has 0 spiro atoms. The van der Waals surface area contributed by atoms with E-state index in [2.05, 4.69) is 4.72 Å². The van der Waals surface area contributed by atoms with Gasteiger partial charge in [-0.25, -0.2) is 8.42 Å². The van der Waals surface area contributed by atoms with Crippen molar-refractivity contribution in [1.29, 1.82) is 0 Å². The number of Topliss-reactive ketones (excluding diaryl/α,β-unsaturated/α-hetero) is 1. The van der Waals surface area contributed by atoms with E-state index in [0.29, 0.717) is 21.8 Å². The van der Waals surface area contributed by atoms with Crippen molar-refractivity contribution in [3.63, 3.8) is 0 Å². The normalized spacial score (nSPS) is 11.1. The zero-order valence-electron chi connectivity index (χ0n) is 11.3. The predicted octanol–water partition coefficient (Wildman–Crippen LogP) is 3.48. The van der Waals surface area contributed by atoms with E-state index in [4.69, 9.17) is 11.6 Å². The van der Waals surface area contributed by atoms with Gasteiger partial charge in [0.25, 0.3) is 0 Å². The molecule has 0 radical (unpaired) electrons. The van der Waals surface area contributed by atoms with E-state index in [1.165, 1.54) is 13.0 Å². The van der Waals surface area contributed by atoms with Gasteiger partial charge in [0.2, 0.25) is 10.0 Å². The molecule has 0 atom stereocenters. The van der Waals surface area contributed by atoms with Crippen LogP contribution in [0.1, 0.15) is 22.8 Å². The lowest BCUT2D eigenvalue weighted by atomic mass is 10.1. The van der Waals surface area contributed by atoms with Crippen LogP contribution in [0.2, 0.25) is 5.02 Å². The molecule has 4 nitrogen and oxygen atoms in total. The summed E-state index contributed by atoms with van der Waals surface area (Å²) >= 11 is 5.84. The maximum Gasteiger partial charge on any atom is 0.236 e. The fraction of sp³-hybridized carbons (Fsp3) is 0.133. The van der Waals surface area contributed by atoms with E-state index in [0.717, 1.165) is 0 Å². The highest BCUT2D eigenvalue weighted by Gasteiger charge is 2.12. The largest absolute Gasteiger partial charge is 0.295 e. The van der Waals surface area contributed by atoms with Gasteiger partial charge in [0.15, 0.2) is 5.78 Å². The molecular formula is C15H14ClNO3S. The molecule has 0 aliphatic heterocycles. The fourth-order valence-corrected chi connectivity index (χ4v) is 3.25. The van der Waals surface area contributed by atoms with Gasteiger partial charge in [0.05, 0.1) is 5.75 Å². The number of anilines is 1. The fourth-order valence-electron chi connectivity index (χ4n) is 1.86. The smallest absolute Gasteiger partial charge is 0.236 e. The molecule has 0 bridgehead atoms. The van der Waals surface area contributed by atoms with Crippen molar-refractivity contribution in [3.05, 3.63) is 64.7 Å². The number of rotatable bonds is 5. The summed E-state index contributed by atoms with van der Waals surface area (Å²) in [5, 5.41) is 0.487. The summed E-state index contributed by atoms with van der Waals surface area (Å²) < 4.78 is 26.7. The summed E-state index contributed by atoms with van der Waals surface area (Å²) in [4.78, 5) is 11.3. The Labute approximate surface area is 128 Å². The Morgan fingerprint density at radius 2 is 1.86 bits per heavy atom. The van der Waals surface area contributed by atoms with Gasteiger partial charge in [0.1, 0.15) is 0 Å². The van der Waals surface area contributed by atoms with Crippen LogP contribution in [0.3, 0.4) is 0 Å². The number of hydrogen-bond acceptors (Lipinski definition) is 3. The van der Waals surface area contributed by atoms with Crippen LogP contribution in [0.4, 0.5) is 5.69 Å². The quantitative estimate of drug-likeness (QED) is 0.857. The van der Waals surface area contributed by atoms with Gasteiger partial charge in [-0.1, -0.05) is 35.9 Å². The first-order valence-corrected chi connectivity index (χ1v) is 8.25. The van der Waals surface area contributed by atoms with E-state index < -0.39 is 10.0 Å². The minimum absolute atomic E-state index is 0.120. The topological polar surface area (TPSA) is 63.2 Å². The molecule has 1 N–H and O–H groups in total. The van der Waals surface area contributed by atoms with Gasteiger partial charge < -0.3 is 0 Å². The Morgan fingerprint density at radius 3 is 2.52 bits per heavy atom. The molecule has 0 aliphatic carbocycles. The second-order valence-electron chi connectivity index (χ2n) is 4.63. The Bertz CT molecular complexity index is 772. The molecule has 0 saturated heterocycles. The van der Waals surface area contributed by atoms with Crippen molar-refractivity contribution in [3.8, 4) is 0 Å². The Hall–Kier alpha value is -1.85. The number of hydrogen-bond donors (Lipinski definition) is 1. The number of carbonyl (C=O) groups is 1. The van der Waals surface area contributed by atoms with Gasteiger partial charge >= 0.3 is 0 Å². The van der Waals surface area contributed by atoms with Crippen LogP contribution in [-0.4, -0.2) is 14.2 Å². The Morgan fingerprint density at radius 1 is 1.14 bits per heavy atom. The Balaban J connectivity index is 2.18. The van der Waals surface area contributed by atoms with E-state index in [1.54, 1.807) is 42.5 Å². The second kappa shape index (κ2) is 6.28. The van der Waals surface area contributed by atoms with Crippen LogP contribution < -0.4 is 4.72 Å². The van der Waals surface area contributed by atoms with Crippen LogP contribution in [0.5, 0.6) is 0 Å². The average molecular weight is 324 g/mol. The molecule has 0 aromatic heterocycles. The molecule has 110 valence electrons. The van der Waals surface area contributed by atoms with Gasteiger partial charge in [-0.15, -0.1) is 0 Å². The number of nitrogens with one attached hydrogen (secondary N) is 1. The first kappa shape index (κ1) is 15.5. The van der Waals surface area contributed by atoms with Crippen LogP contribution >= 0.6 is 11.6 Å². The lowest BCUT2D eigenvalue weighted by molar-refractivity contribution is 0.101. The monoisotopic (exact) mass is 323 g/mol. The lowest BCUT2D eigenvalue weighted by Gasteiger charge is -2.09. The van der Waals surface area contributed by atoms with E-state index >= 15 is 0 Å². The van der Waals surface area contributed by atoms with Crippen LogP contribution in [0.15, 0.2) is 48.5 Å². The zero-order chi connectivity index (χ0) is 15.5. The van der Waals surface area contributed by atoms with Crippen LogP contribution in [0, 0.1) is 0 Å². The molecule has 2 aromatic rings. The van der Waals surface area contributed by atoms with Crippen LogP contribution in [-0.2, 0) is 15.8 Å². The number of halogens is 1. The van der Waals surface area contributed by atoms with Crippen molar-refractivity contribution in [2.45, 2.75) is 12.7 Å². The van der Waals surface area contributed by atoms with Crippen molar-refractivity contribution < 1.29 is 13.2 Å². The first-order valence-electron chi connectivity index (χ1n) is 6.22. The molecule has 0 saturated carbocycles. The van der Waals surface area contributed by atoms with E-state index in [9.17, 15) is 13.2 Å². The van der Waals surface area contributed by atoms with Gasteiger partial charge in [-0.05, 0) is 36.8 Å². The molecule has 0 heterocycles. The summed E-state index contributed by atoms with van der Waals surface area (Å²) in [5.41, 5.74) is 1.42. The molecule has 2 rings (SSSR count). The maximum atomic E-state index is 12.1. The van der Waals surface area contributed by atoms with Crippen molar-refractivity contribution >= 4 is 33.1 Å². The summed E-state index contributed by atoms with van der Waals surface area (Å²) in [5.74, 6) is -0.302. The zero-order valence-corrected chi connectivity index (χ0v) is 12.9. The number of benzene rings is 2. The molecule has 0 fully saturated rings. The SMILES string of the molecule is CC(=O)c1cccc(NS(=O)(=O)Cc2cccc(Cl)c2)c1. The van der Waals surface area contributed by atoms with Gasteiger partial charge in [-0.2, -0.15) is 0 Å². The predicted molar refractivity (Wildman–Crippen MR) is 84.1 cm³/mol. The standard InChI is InChI=1S/C15H14ClNO3S/c1-11(18)13-5-3-7-15(9-13)17-21(19,20)10-12-4-2-6-14(16)8-12/h2-9,17H,10H2,1H3.